The van der Waals surface area contributed by atoms with E-state index in [-0.39, 0.29) is 34.5 Å². The lowest BCUT2D eigenvalue weighted by Crippen LogP contribution is -2.35. The van der Waals surface area contributed by atoms with Gasteiger partial charge in [0.1, 0.15) is 0 Å². The molecule has 0 fully saturated rings. The van der Waals surface area contributed by atoms with E-state index >= 15 is 0 Å². The van der Waals surface area contributed by atoms with E-state index in [1.807, 2.05) is 6.92 Å². The van der Waals surface area contributed by atoms with E-state index in [1.165, 1.54) is 18.2 Å². The van der Waals surface area contributed by atoms with Crippen LogP contribution in [-0.2, 0) is 19.4 Å². The number of sulfone groups is 1. The first-order valence-electron chi connectivity index (χ1n) is 13.7. The molecule has 41 heavy (non-hydrogen) atoms. The summed E-state index contributed by atoms with van der Waals surface area (Å²) >= 11 is 0. The molecule has 4 rings (SSSR count). The number of rotatable bonds is 11. The number of amides is 2. The first kappa shape index (κ1) is 30.0. The van der Waals surface area contributed by atoms with Crippen LogP contribution >= 0.6 is 0 Å². The lowest BCUT2D eigenvalue weighted by molar-refractivity contribution is -0.132. The molecule has 0 unspecified atom stereocenters. The summed E-state index contributed by atoms with van der Waals surface area (Å²) in [5.74, 6) is -1.81. The van der Waals surface area contributed by atoms with Gasteiger partial charge in [0, 0.05) is 41.3 Å². The third-order valence-corrected chi connectivity index (χ3v) is 9.34. The molecule has 11 heteroatoms. The highest BCUT2D eigenvalue weighted by Crippen LogP contribution is 2.36. The molecule has 1 aromatic carbocycles. The van der Waals surface area contributed by atoms with E-state index in [1.54, 1.807) is 25.1 Å². The van der Waals surface area contributed by atoms with Crippen LogP contribution in [0.4, 0.5) is 5.69 Å². The van der Waals surface area contributed by atoms with Gasteiger partial charge in [-0.3, -0.25) is 9.59 Å². The Labute approximate surface area is 240 Å². The zero-order valence-corrected chi connectivity index (χ0v) is 24.6. The smallest absolute Gasteiger partial charge is 0.331 e. The third kappa shape index (κ3) is 6.52. The van der Waals surface area contributed by atoms with Gasteiger partial charge >= 0.3 is 5.97 Å². The van der Waals surface area contributed by atoms with Crippen molar-refractivity contribution in [3.8, 4) is 0 Å². The van der Waals surface area contributed by atoms with Gasteiger partial charge in [-0.15, -0.1) is 0 Å². The highest BCUT2D eigenvalue weighted by Gasteiger charge is 2.28. The standard InChI is InChI=1S/C30H36N4O6S/c1-5-34(6-2)14-13-31-29(36)27-18(3)26(32-19(27)4)16-24-23-15-22(11-12-25(23)33-28(24)35)41(39,40)17-20-7-9-21(10-8-20)30(37)38/h7,9,11-12,15-16,32H,5-6,8,10,13-14,17H2,1-4H3,(H,31,36)(H,33,35)(H,37,38)/b24-16-. The molecule has 2 heterocycles. The minimum absolute atomic E-state index is 0.0696. The molecular formula is C30H36N4O6S. The number of fused-ring (bicyclic) bond motifs is 1. The Kier molecular flexibility index (Phi) is 8.98. The van der Waals surface area contributed by atoms with Crippen LogP contribution in [0, 0.1) is 13.8 Å². The van der Waals surface area contributed by atoms with Gasteiger partial charge in [0.15, 0.2) is 9.84 Å². The van der Waals surface area contributed by atoms with Crippen LogP contribution in [-0.4, -0.2) is 73.1 Å². The van der Waals surface area contributed by atoms with Crippen molar-refractivity contribution in [2.24, 2.45) is 0 Å². The van der Waals surface area contributed by atoms with Gasteiger partial charge in [0.2, 0.25) is 0 Å². The Morgan fingerprint density at radius 2 is 1.85 bits per heavy atom. The Hall–Kier alpha value is -3.96. The highest BCUT2D eigenvalue weighted by atomic mass is 32.2. The lowest BCUT2D eigenvalue weighted by atomic mass is 10.00. The number of aliphatic carboxylic acids is 1. The van der Waals surface area contributed by atoms with Crippen LogP contribution in [0.25, 0.3) is 11.6 Å². The number of hydrogen-bond acceptors (Lipinski definition) is 6. The van der Waals surface area contributed by atoms with E-state index in [0.717, 1.165) is 19.6 Å². The van der Waals surface area contributed by atoms with Crippen molar-refractivity contribution in [1.29, 1.82) is 0 Å². The normalized spacial score (nSPS) is 15.9. The van der Waals surface area contributed by atoms with Crippen LogP contribution in [0.1, 0.15) is 59.6 Å². The maximum absolute atomic E-state index is 13.2. The van der Waals surface area contributed by atoms with Crippen LogP contribution in [0.5, 0.6) is 0 Å². The Morgan fingerprint density at radius 1 is 1.12 bits per heavy atom. The van der Waals surface area contributed by atoms with E-state index in [4.69, 9.17) is 5.11 Å². The number of hydrogen-bond donors (Lipinski definition) is 4. The van der Waals surface area contributed by atoms with Gasteiger partial charge < -0.3 is 25.6 Å². The Morgan fingerprint density at radius 3 is 2.49 bits per heavy atom. The molecule has 2 aliphatic rings. The largest absolute Gasteiger partial charge is 0.478 e. The number of carbonyl (C=O) groups excluding carboxylic acids is 2. The average molecular weight is 581 g/mol. The van der Waals surface area contributed by atoms with Crippen LogP contribution in [0.2, 0.25) is 0 Å². The molecule has 0 saturated carbocycles. The van der Waals surface area contributed by atoms with Crippen molar-refractivity contribution in [3.05, 3.63) is 69.6 Å². The number of anilines is 1. The van der Waals surface area contributed by atoms with Gasteiger partial charge in [-0.2, -0.15) is 0 Å². The summed E-state index contributed by atoms with van der Waals surface area (Å²) in [4.78, 5) is 42.5. The quantitative estimate of drug-likeness (QED) is 0.296. The number of benzene rings is 1. The molecule has 10 nitrogen and oxygen atoms in total. The third-order valence-electron chi connectivity index (χ3n) is 7.62. The number of carbonyl (C=O) groups is 3. The molecule has 218 valence electrons. The first-order chi connectivity index (χ1) is 19.4. The second-order valence-electron chi connectivity index (χ2n) is 10.2. The Bertz CT molecular complexity index is 1590. The van der Waals surface area contributed by atoms with Gasteiger partial charge in [-0.1, -0.05) is 31.6 Å². The van der Waals surface area contributed by atoms with E-state index in [2.05, 4.69) is 34.4 Å². The summed E-state index contributed by atoms with van der Waals surface area (Å²) in [5.41, 5.74) is 4.60. The second kappa shape index (κ2) is 12.3. The van der Waals surface area contributed by atoms with E-state index in [0.29, 0.717) is 57.9 Å². The number of nitrogens with one attached hydrogen (secondary N) is 3. The molecule has 0 atom stereocenters. The molecule has 2 amide bonds. The average Bonchev–Trinajstić information content (AvgIpc) is 3.40. The number of H-pyrrole nitrogens is 1. The molecular weight excluding hydrogens is 544 g/mol. The maximum Gasteiger partial charge on any atom is 0.331 e. The summed E-state index contributed by atoms with van der Waals surface area (Å²) in [7, 11) is -3.75. The molecule has 1 aromatic heterocycles. The molecule has 1 aliphatic heterocycles. The molecule has 1 aliphatic carbocycles. The monoisotopic (exact) mass is 580 g/mol. The number of nitrogens with zero attached hydrogens (tertiary/aromatic N) is 1. The maximum atomic E-state index is 13.2. The molecule has 4 N–H and O–H groups in total. The van der Waals surface area contributed by atoms with Crippen LogP contribution < -0.4 is 10.6 Å². The molecule has 0 bridgehead atoms. The van der Waals surface area contributed by atoms with Crippen molar-refractivity contribution in [3.63, 3.8) is 0 Å². The van der Waals surface area contributed by atoms with Gasteiger partial charge in [0.25, 0.3) is 11.8 Å². The van der Waals surface area contributed by atoms with Crippen molar-refractivity contribution < 1.29 is 27.9 Å². The fourth-order valence-corrected chi connectivity index (χ4v) is 6.64. The number of allylic oxidation sites excluding steroid dienone is 2. The molecule has 0 saturated heterocycles. The minimum atomic E-state index is -3.75. The molecule has 2 aromatic rings. The van der Waals surface area contributed by atoms with Gasteiger partial charge in [-0.05, 0) is 69.6 Å². The van der Waals surface area contributed by atoms with Gasteiger partial charge in [0.05, 0.1) is 21.8 Å². The SMILES string of the molecule is CCN(CC)CCNC(=O)c1c(C)[nH]c(/C=C2\C(=O)Nc3ccc(S(=O)(=O)CC4=CC=C(C(=O)O)CC4)cc32)c1C. The minimum Gasteiger partial charge on any atom is -0.478 e. The summed E-state index contributed by atoms with van der Waals surface area (Å²) in [5, 5.41) is 14.9. The predicted molar refractivity (Wildman–Crippen MR) is 158 cm³/mol. The fourth-order valence-electron chi connectivity index (χ4n) is 5.17. The summed E-state index contributed by atoms with van der Waals surface area (Å²) in [6, 6.07) is 4.52. The van der Waals surface area contributed by atoms with Crippen LogP contribution in [0.3, 0.4) is 0 Å². The second-order valence-corrected chi connectivity index (χ2v) is 12.2. The van der Waals surface area contributed by atoms with E-state index in [9.17, 15) is 22.8 Å². The number of carboxylic acids is 1. The Balaban J connectivity index is 1.58. The van der Waals surface area contributed by atoms with Crippen molar-refractivity contribution in [1.82, 2.24) is 15.2 Å². The molecule has 0 spiro atoms. The van der Waals surface area contributed by atoms with Crippen molar-refractivity contribution in [2.75, 3.05) is 37.2 Å². The molecule has 0 radical (unpaired) electrons. The summed E-state index contributed by atoms with van der Waals surface area (Å²) < 4.78 is 26.5. The number of carboxylic acid groups (broad SMARTS) is 1. The first-order valence-corrected chi connectivity index (χ1v) is 15.3. The predicted octanol–water partition coefficient (Wildman–Crippen LogP) is 3.70. The number of likely N-dealkylation sites (N-methyl/N-ethyl adjacent to an activating group) is 1. The van der Waals surface area contributed by atoms with Gasteiger partial charge in [-0.25, -0.2) is 13.2 Å². The van der Waals surface area contributed by atoms with E-state index < -0.39 is 15.8 Å². The van der Waals surface area contributed by atoms with Crippen molar-refractivity contribution in [2.45, 2.75) is 45.4 Å². The zero-order chi connectivity index (χ0) is 29.9. The summed E-state index contributed by atoms with van der Waals surface area (Å²) in [6.07, 6.45) is 5.28. The number of aryl methyl sites for hydroxylation is 1. The topological polar surface area (TPSA) is 149 Å². The van der Waals surface area contributed by atoms with Crippen molar-refractivity contribution >= 4 is 45.0 Å². The lowest BCUT2D eigenvalue weighted by Gasteiger charge is -2.18. The highest BCUT2D eigenvalue weighted by molar-refractivity contribution is 7.91. The fraction of sp³-hybridized carbons (Fsp3) is 0.367. The number of aromatic nitrogens is 1. The van der Waals surface area contributed by atoms with Crippen LogP contribution in [0.15, 0.2) is 46.4 Å². The summed E-state index contributed by atoms with van der Waals surface area (Å²) in [6.45, 7) is 10.8. The number of aromatic amines is 1. The zero-order valence-electron chi connectivity index (χ0n) is 23.8.